The molecule has 3 aromatic rings. The molecule has 2 aromatic carbocycles. The van der Waals surface area contributed by atoms with Crippen LogP contribution in [0.1, 0.15) is 36.0 Å². The van der Waals surface area contributed by atoms with Crippen LogP contribution in [-0.2, 0) is 7.05 Å². The number of benzene rings is 2. The Morgan fingerprint density at radius 2 is 1.97 bits per heavy atom. The zero-order chi connectivity index (χ0) is 21.8. The predicted octanol–water partition coefficient (Wildman–Crippen LogP) is 5.16. The lowest BCUT2D eigenvalue weighted by Gasteiger charge is -2.14. The quantitative estimate of drug-likeness (QED) is 0.388. The molecule has 31 heavy (non-hydrogen) atoms. The standard InChI is InChI=1S/C21H21N5O3S2/c1-25-13-22-24-21(25)31-19-11-10-14(12-17(19)26(28)29)20(27)23-16-8-4-5-9-18(16)30-15-6-2-3-7-15/h4-5,8-13,15H,2-3,6-7H2,1H3,(H,23,27). The van der Waals surface area contributed by atoms with Gasteiger partial charge in [0.15, 0.2) is 5.16 Å². The SMILES string of the molecule is Cn1cnnc1Sc1ccc(C(=O)Nc2ccccc2SC2CCCC2)cc1[N+](=O)[O-]. The molecule has 1 N–H and O–H groups in total. The number of aromatic nitrogens is 3. The van der Waals surface area contributed by atoms with Crippen LogP contribution in [0.4, 0.5) is 11.4 Å². The van der Waals surface area contributed by atoms with Crippen LogP contribution >= 0.6 is 23.5 Å². The molecule has 0 bridgehead atoms. The molecule has 1 aliphatic rings. The van der Waals surface area contributed by atoms with E-state index in [0.717, 1.165) is 22.3 Å². The number of para-hydroxylation sites is 1. The van der Waals surface area contributed by atoms with Crippen molar-refractivity contribution in [2.24, 2.45) is 7.05 Å². The van der Waals surface area contributed by atoms with Gasteiger partial charge in [-0.25, -0.2) is 0 Å². The lowest BCUT2D eigenvalue weighted by molar-refractivity contribution is -0.387. The largest absolute Gasteiger partial charge is 0.321 e. The number of hydrogen-bond donors (Lipinski definition) is 1. The fourth-order valence-electron chi connectivity index (χ4n) is 3.40. The van der Waals surface area contributed by atoms with Gasteiger partial charge in [0.25, 0.3) is 11.6 Å². The molecule has 0 atom stereocenters. The Kier molecular flexibility index (Phi) is 6.57. The van der Waals surface area contributed by atoms with Crippen LogP contribution in [0.2, 0.25) is 0 Å². The Balaban J connectivity index is 1.54. The first-order valence-electron chi connectivity index (χ1n) is 9.88. The number of thioether (sulfide) groups is 1. The van der Waals surface area contributed by atoms with Crippen molar-refractivity contribution < 1.29 is 9.72 Å². The van der Waals surface area contributed by atoms with E-state index in [1.807, 2.05) is 24.3 Å². The minimum atomic E-state index is -0.487. The van der Waals surface area contributed by atoms with Crippen LogP contribution in [-0.4, -0.2) is 30.8 Å². The maximum atomic E-state index is 12.9. The second-order valence-electron chi connectivity index (χ2n) is 7.24. The summed E-state index contributed by atoms with van der Waals surface area (Å²) in [5, 5.41) is 23.4. The molecular formula is C21H21N5O3S2. The van der Waals surface area contributed by atoms with Gasteiger partial charge in [-0.15, -0.1) is 22.0 Å². The molecule has 0 aliphatic heterocycles. The number of nitrogens with zero attached hydrogens (tertiary/aromatic N) is 4. The van der Waals surface area contributed by atoms with E-state index in [0.29, 0.717) is 15.3 Å². The molecule has 1 heterocycles. The van der Waals surface area contributed by atoms with E-state index in [4.69, 9.17) is 0 Å². The lowest BCUT2D eigenvalue weighted by atomic mass is 10.2. The first kappa shape index (κ1) is 21.4. The van der Waals surface area contributed by atoms with Gasteiger partial charge in [0, 0.05) is 28.8 Å². The Bertz CT molecular complexity index is 1110. The maximum Gasteiger partial charge on any atom is 0.284 e. The van der Waals surface area contributed by atoms with Crippen molar-refractivity contribution in [2.45, 2.75) is 45.9 Å². The van der Waals surface area contributed by atoms with Crippen LogP contribution in [0, 0.1) is 10.1 Å². The second kappa shape index (κ2) is 9.52. The fourth-order valence-corrected chi connectivity index (χ4v) is 5.59. The third kappa shape index (κ3) is 5.08. The maximum absolute atomic E-state index is 12.9. The molecule has 0 spiro atoms. The van der Waals surface area contributed by atoms with Gasteiger partial charge in [-0.1, -0.05) is 25.0 Å². The van der Waals surface area contributed by atoms with E-state index in [2.05, 4.69) is 15.5 Å². The minimum absolute atomic E-state index is 0.144. The number of carbonyl (C=O) groups excluding carboxylic acids is 1. The smallest absolute Gasteiger partial charge is 0.284 e. The molecule has 8 nitrogen and oxygen atoms in total. The first-order valence-corrected chi connectivity index (χ1v) is 11.6. The summed E-state index contributed by atoms with van der Waals surface area (Å²) in [6.07, 6.45) is 6.38. The lowest BCUT2D eigenvalue weighted by Crippen LogP contribution is -2.13. The molecule has 0 saturated heterocycles. The van der Waals surface area contributed by atoms with Crippen LogP contribution in [0.15, 0.2) is 63.7 Å². The molecule has 10 heteroatoms. The molecule has 1 aromatic heterocycles. The van der Waals surface area contributed by atoms with Crippen LogP contribution in [0.5, 0.6) is 0 Å². The molecule has 160 valence electrons. The Morgan fingerprint density at radius 1 is 1.19 bits per heavy atom. The molecule has 1 aliphatic carbocycles. The van der Waals surface area contributed by atoms with Crippen LogP contribution < -0.4 is 5.32 Å². The van der Waals surface area contributed by atoms with E-state index in [9.17, 15) is 14.9 Å². The van der Waals surface area contributed by atoms with Crippen molar-refractivity contribution >= 4 is 40.8 Å². The highest BCUT2D eigenvalue weighted by Gasteiger charge is 2.22. The summed E-state index contributed by atoms with van der Waals surface area (Å²) in [7, 11) is 1.76. The van der Waals surface area contributed by atoms with Gasteiger partial charge in [0.1, 0.15) is 6.33 Å². The molecule has 0 radical (unpaired) electrons. The zero-order valence-corrected chi connectivity index (χ0v) is 18.5. The first-order chi connectivity index (χ1) is 15.0. The summed E-state index contributed by atoms with van der Waals surface area (Å²) in [5.74, 6) is -0.377. The van der Waals surface area contributed by atoms with Gasteiger partial charge in [-0.2, -0.15) is 0 Å². The summed E-state index contributed by atoms with van der Waals surface area (Å²) in [6.45, 7) is 0. The van der Waals surface area contributed by atoms with Crippen molar-refractivity contribution in [2.75, 3.05) is 5.32 Å². The summed E-state index contributed by atoms with van der Waals surface area (Å²) < 4.78 is 1.67. The summed E-state index contributed by atoms with van der Waals surface area (Å²) >= 11 is 2.92. The number of rotatable bonds is 7. The topological polar surface area (TPSA) is 103 Å². The number of amides is 1. The molecule has 1 saturated carbocycles. The van der Waals surface area contributed by atoms with Gasteiger partial charge >= 0.3 is 0 Å². The van der Waals surface area contributed by atoms with Crippen molar-refractivity contribution in [1.29, 1.82) is 0 Å². The highest BCUT2D eigenvalue weighted by Crippen LogP contribution is 2.38. The van der Waals surface area contributed by atoms with E-state index >= 15 is 0 Å². The van der Waals surface area contributed by atoms with Crippen molar-refractivity contribution in [3.63, 3.8) is 0 Å². The van der Waals surface area contributed by atoms with Gasteiger partial charge in [0.2, 0.25) is 0 Å². The Morgan fingerprint density at radius 3 is 2.68 bits per heavy atom. The molecule has 4 rings (SSSR count). The van der Waals surface area contributed by atoms with Crippen molar-refractivity contribution in [3.05, 3.63) is 64.5 Å². The third-order valence-electron chi connectivity index (χ3n) is 5.02. The number of nitro groups is 1. The average Bonchev–Trinajstić information content (AvgIpc) is 3.41. The molecule has 1 fully saturated rings. The average molecular weight is 456 g/mol. The van der Waals surface area contributed by atoms with E-state index < -0.39 is 4.92 Å². The number of anilines is 1. The molecular weight excluding hydrogens is 434 g/mol. The van der Waals surface area contributed by atoms with Crippen molar-refractivity contribution in [3.8, 4) is 0 Å². The number of aryl methyl sites for hydroxylation is 1. The van der Waals surface area contributed by atoms with Crippen molar-refractivity contribution in [1.82, 2.24) is 14.8 Å². The highest BCUT2D eigenvalue weighted by molar-refractivity contribution is 8.00. The summed E-state index contributed by atoms with van der Waals surface area (Å²) in [4.78, 5) is 25.4. The Labute approximate surface area is 188 Å². The van der Waals surface area contributed by atoms with Crippen LogP contribution in [0.25, 0.3) is 0 Å². The number of nitro benzene ring substituents is 1. The fraction of sp³-hybridized carbons (Fsp3) is 0.286. The summed E-state index contributed by atoms with van der Waals surface area (Å²) in [6, 6.07) is 12.2. The molecule has 0 unspecified atom stereocenters. The van der Waals surface area contributed by atoms with Gasteiger partial charge in [-0.05, 0) is 48.9 Å². The second-order valence-corrected chi connectivity index (χ2v) is 9.59. The van der Waals surface area contributed by atoms with Gasteiger partial charge in [-0.3, -0.25) is 14.9 Å². The monoisotopic (exact) mass is 455 g/mol. The number of nitrogens with one attached hydrogen (secondary N) is 1. The normalized spacial score (nSPS) is 14.0. The Hall–Kier alpha value is -2.85. The molecule has 1 amide bonds. The third-order valence-corrected chi connectivity index (χ3v) is 7.55. The zero-order valence-electron chi connectivity index (χ0n) is 16.9. The number of carbonyl (C=O) groups is 1. The van der Waals surface area contributed by atoms with Crippen LogP contribution in [0.3, 0.4) is 0 Å². The van der Waals surface area contributed by atoms with E-state index in [1.165, 1.54) is 38.1 Å². The van der Waals surface area contributed by atoms with Gasteiger partial charge in [0.05, 0.1) is 15.5 Å². The predicted molar refractivity (Wildman–Crippen MR) is 121 cm³/mol. The van der Waals surface area contributed by atoms with Gasteiger partial charge < -0.3 is 9.88 Å². The van der Waals surface area contributed by atoms with E-state index in [1.54, 1.807) is 35.5 Å². The van der Waals surface area contributed by atoms with E-state index in [-0.39, 0.29) is 17.2 Å². The minimum Gasteiger partial charge on any atom is -0.321 e. The highest BCUT2D eigenvalue weighted by atomic mass is 32.2. The number of hydrogen-bond acceptors (Lipinski definition) is 7. The summed E-state index contributed by atoms with van der Waals surface area (Å²) in [5.41, 5.74) is 0.813.